The third-order valence-corrected chi connectivity index (χ3v) is 5.00. The number of hydrogen-bond donors (Lipinski definition) is 1. The summed E-state index contributed by atoms with van der Waals surface area (Å²) >= 11 is 1.45. The SMILES string of the molecule is Cc1cccc(C(=O)N2CCC(NC(=O)c3cccs3)CC2)c1. The molecule has 1 N–H and O–H groups in total. The molecule has 0 spiro atoms. The lowest BCUT2D eigenvalue weighted by atomic mass is 10.0. The number of carbonyl (C=O) groups excluding carboxylic acids is 2. The molecule has 0 aliphatic carbocycles. The highest BCUT2D eigenvalue weighted by Crippen LogP contribution is 2.16. The number of aryl methyl sites for hydroxylation is 1. The Bertz CT molecular complexity index is 689. The van der Waals surface area contributed by atoms with Crippen LogP contribution >= 0.6 is 11.3 Å². The number of nitrogens with one attached hydrogen (secondary N) is 1. The van der Waals surface area contributed by atoms with Crippen molar-refractivity contribution in [2.75, 3.05) is 13.1 Å². The van der Waals surface area contributed by atoms with Gasteiger partial charge < -0.3 is 10.2 Å². The molecule has 1 aliphatic heterocycles. The zero-order valence-corrected chi connectivity index (χ0v) is 13.9. The smallest absolute Gasteiger partial charge is 0.261 e. The van der Waals surface area contributed by atoms with Gasteiger partial charge in [-0.3, -0.25) is 9.59 Å². The summed E-state index contributed by atoms with van der Waals surface area (Å²) in [4.78, 5) is 27.2. The van der Waals surface area contributed by atoms with Gasteiger partial charge in [-0.05, 0) is 43.3 Å². The molecule has 1 aromatic heterocycles. The average molecular weight is 328 g/mol. The fourth-order valence-corrected chi connectivity index (χ4v) is 3.48. The van der Waals surface area contributed by atoms with Crippen LogP contribution in [0.4, 0.5) is 0 Å². The Kier molecular flexibility index (Phi) is 4.76. The molecule has 3 rings (SSSR count). The van der Waals surface area contributed by atoms with Gasteiger partial charge in [0.05, 0.1) is 4.88 Å². The summed E-state index contributed by atoms with van der Waals surface area (Å²) in [5, 5.41) is 4.96. The van der Waals surface area contributed by atoms with E-state index in [1.54, 1.807) is 0 Å². The molecular weight excluding hydrogens is 308 g/mol. The van der Waals surface area contributed by atoms with Crippen molar-refractivity contribution in [2.24, 2.45) is 0 Å². The first-order valence-electron chi connectivity index (χ1n) is 7.84. The van der Waals surface area contributed by atoms with Crippen molar-refractivity contribution < 1.29 is 9.59 Å². The average Bonchev–Trinajstić information content (AvgIpc) is 3.09. The van der Waals surface area contributed by atoms with Crippen molar-refractivity contribution >= 4 is 23.2 Å². The first-order chi connectivity index (χ1) is 11.1. The van der Waals surface area contributed by atoms with Crippen LogP contribution in [0, 0.1) is 6.92 Å². The summed E-state index contributed by atoms with van der Waals surface area (Å²) in [6.45, 7) is 3.35. The number of hydrogen-bond acceptors (Lipinski definition) is 3. The summed E-state index contributed by atoms with van der Waals surface area (Å²) in [7, 11) is 0. The van der Waals surface area contributed by atoms with Crippen molar-refractivity contribution in [3.05, 3.63) is 57.8 Å². The number of rotatable bonds is 3. The highest BCUT2D eigenvalue weighted by atomic mass is 32.1. The standard InChI is InChI=1S/C18H20N2O2S/c1-13-4-2-5-14(12-13)18(22)20-9-7-15(8-10-20)19-17(21)16-6-3-11-23-16/h2-6,11-12,15H,7-10H2,1H3,(H,19,21). The molecular formula is C18H20N2O2S. The van der Waals surface area contributed by atoms with E-state index in [4.69, 9.17) is 0 Å². The quantitative estimate of drug-likeness (QED) is 0.941. The third kappa shape index (κ3) is 3.79. The lowest BCUT2D eigenvalue weighted by Crippen LogP contribution is -2.46. The molecule has 2 heterocycles. The Hall–Kier alpha value is -2.14. The largest absolute Gasteiger partial charge is 0.348 e. The van der Waals surface area contributed by atoms with Crippen LogP contribution in [0.5, 0.6) is 0 Å². The number of benzene rings is 1. The molecule has 0 saturated carbocycles. The Labute approximate surface area is 140 Å². The van der Waals surface area contributed by atoms with E-state index in [-0.39, 0.29) is 17.9 Å². The molecule has 5 heteroatoms. The fraction of sp³-hybridized carbons (Fsp3) is 0.333. The van der Waals surface area contributed by atoms with Crippen molar-refractivity contribution in [2.45, 2.75) is 25.8 Å². The molecule has 0 bridgehead atoms. The number of likely N-dealkylation sites (tertiary alicyclic amines) is 1. The van der Waals surface area contributed by atoms with Crippen molar-refractivity contribution in [3.8, 4) is 0 Å². The minimum atomic E-state index is -0.0107. The van der Waals surface area contributed by atoms with Gasteiger partial charge in [-0.2, -0.15) is 0 Å². The number of carbonyl (C=O) groups is 2. The van der Waals surface area contributed by atoms with Crippen LogP contribution in [-0.4, -0.2) is 35.8 Å². The number of piperidine rings is 1. The van der Waals surface area contributed by atoms with Crippen LogP contribution < -0.4 is 5.32 Å². The highest BCUT2D eigenvalue weighted by Gasteiger charge is 2.25. The van der Waals surface area contributed by atoms with Crippen LogP contribution in [0.2, 0.25) is 0 Å². The normalized spacial score (nSPS) is 15.4. The predicted molar refractivity (Wildman–Crippen MR) is 91.9 cm³/mol. The van der Waals surface area contributed by atoms with Gasteiger partial charge in [-0.1, -0.05) is 23.8 Å². The highest BCUT2D eigenvalue weighted by molar-refractivity contribution is 7.12. The van der Waals surface area contributed by atoms with Gasteiger partial charge in [0.2, 0.25) is 0 Å². The third-order valence-electron chi connectivity index (χ3n) is 4.13. The molecule has 0 radical (unpaired) electrons. The monoisotopic (exact) mass is 328 g/mol. The lowest BCUT2D eigenvalue weighted by Gasteiger charge is -2.32. The van der Waals surface area contributed by atoms with E-state index in [9.17, 15) is 9.59 Å². The van der Waals surface area contributed by atoms with Crippen LogP contribution in [0.3, 0.4) is 0 Å². The maximum absolute atomic E-state index is 12.5. The van der Waals surface area contributed by atoms with Crippen LogP contribution in [-0.2, 0) is 0 Å². The van der Waals surface area contributed by atoms with Crippen LogP contribution in [0.15, 0.2) is 41.8 Å². The fourth-order valence-electron chi connectivity index (χ4n) is 2.85. The van der Waals surface area contributed by atoms with Crippen LogP contribution in [0.25, 0.3) is 0 Å². The molecule has 23 heavy (non-hydrogen) atoms. The van der Waals surface area contributed by atoms with Crippen molar-refractivity contribution in [1.82, 2.24) is 10.2 Å². The molecule has 2 amide bonds. The minimum absolute atomic E-state index is 0.0107. The molecule has 0 atom stereocenters. The predicted octanol–water partition coefficient (Wildman–Crippen LogP) is 3.09. The summed E-state index contributed by atoms with van der Waals surface area (Å²) in [6.07, 6.45) is 1.60. The zero-order valence-electron chi connectivity index (χ0n) is 13.1. The zero-order chi connectivity index (χ0) is 16.2. The Morgan fingerprint density at radius 1 is 1.17 bits per heavy atom. The van der Waals surface area contributed by atoms with Gasteiger partial charge in [-0.15, -0.1) is 11.3 Å². The van der Waals surface area contributed by atoms with E-state index in [2.05, 4.69) is 5.32 Å². The summed E-state index contributed by atoms with van der Waals surface area (Å²) in [6, 6.07) is 11.5. The number of nitrogens with zero attached hydrogens (tertiary/aromatic N) is 1. The number of amides is 2. The van der Waals surface area contributed by atoms with E-state index < -0.39 is 0 Å². The van der Waals surface area contributed by atoms with Crippen molar-refractivity contribution in [1.29, 1.82) is 0 Å². The van der Waals surface area contributed by atoms with Crippen molar-refractivity contribution in [3.63, 3.8) is 0 Å². The Balaban J connectivity index is 1.54. The van der Waals surface area contributed by atoms with Gasteiger partial charge in [0.25, 0.3) is 11.8 Å². The second-order valence-corrected chi connectivity index (χ2v) is 6.83. The topological polar surface area (TPSA) is 49.4 Å². The van der Waals surface area contributed by atoms with E-state index in [1.165, 1.54) is 11.3 Å². The maximum Gasteiger partial charge on any atom is 0.261 e. The Morgan fingerprint density at radius 3 is 2.61 bits per heavy atom. The van der Waals surface area contributed by atoms with Gasteiger partial charge in [0.1, 0.15) is 0 Å². The lowest BCUT2D eigenvalue weighted by molar-refractivity contribution is 0.0698. The van der Waals surface area contributed by atoms with Gasteiger partial charge in [0.15, 0.2) is 0 Å². The van der Waals surface area contributed by atoms with Crippen LogP contribution in [0.1, 0.15) is 38.4 Å². The molecule has 4 nitrogen and oxygen atoms in total. The Morgan fingerprint density at radius 2 is 1.96 bits per heavy atom. The van der Waals surface area contributed by atoms with E-state index in [1.807, 2.05) is 53.6 Å². The first kappa shape index (κ1) is 15.7. The summed E-state index contributed by atoms with van der Waals surface area (Å²) in [5.74, 6) is 0.0696. The number of thiophene rings is 1. The second kappa shape index (κ2) is 6.96. The molecule has 1 aliphatic rings. The molecule has 1 fully saturated rings. The van der Waals surface area contributed by atoms with E-state index in [0.717, 1.165) is 28.8 Å². The van der Waals surface area contributed by atoms with E-state index >= 15 is 0 Å². The van der Waals surface area contributed by atoms with Gasteiger partial charge >= 0.3 is 0 Å². The first-order valence-corrected chi connectivity index (χ1v) is 8.72. The maximum atomic E-state index is 12.5. The minimum Gasteiger partial charge on any atom is -0.348 e. The molecule has 1 saturated heterocycles. The molecule has 120 valence electrons. The molecule has 1 aromatic carbocycles. The summed E-state index contributed by atoms with van der Waals surface area (Å²) in [5.41, 5.74) is 1.83. The summed E-state index contributed by atoms with van der Waals surface area (Å²) < 4.78 is 0. The molecule has 0 unspecified atom stereocenters. The van der Waals surface area contributed by atoms with Gasteiger partial charge in [-0.25, -0.2) is 0 Å². The molecule has 2 aromatic rings. The van der Waals surface area contributed by atoms with Gasteiger partial charge in [0, 0.05) is 24.7 Å². The van der Waals surface area contributed by atoms with E-state index in [0.29, 0.717) is 13.1 Å². The second-order valence-electron chi connectivity index (χ2n) is 5.89.